The van der Waals surface area contributed by atoms with Crippen molar-refractivity contribution in [2.75, 3.05) is 33.3 Å². The maximum absolute atomic E-state index is 12.7. The van der Waals surface area contributed by atoms with E-state index in [0.717, 1.165) is 5.69 Å². The van der Waals surface area contributed by atoms with E-state index in [-0.39, 0.29) is 24.1 Å². The van der Waals surface area contributed by atoms with Crippen molar-refractivity contribution in [2.45, 2.75) is 18.9 Å². The molecule has 0 bridgehead atoms. The summed E-state index contributed by atoms with van der Waals surface area (Å²) in [6.07, 6.45) is 7.40. The Morgan fingerprint density at radius 3 is 2.87 bits per heavy atom. The minimum absolute atomic E-state index is 0.0880. The number of aromatic nitrogens is 2. The van der Waals surface area contributed by atoms with Crippen LogP contribution in [0.5, 0.6) is 0 Å². The number of hydrogen-bond donors (Lipinski definition) is 0. The number of ether oxygens (including phenoxy) is 1. The van der Waals surface area contributed by atoms with Crippen LogP contribution in [0.2, 0.25) is 0 Å². The fourth-order valence-electron chi connectivity index (χ4n) is 2.90. The first kappa shape index (κ1) is 15.6. The van der Waals surface area contributed by atoms with E-state index in [4.69, 9.17) is 4.74 Å². The molecule has 7 heteroatoms. The minimum atomic E-state index is -0.992. The Morgan fingerprint density at radius 1 is 1.30 bits per heavy atom. The second-order valence-electron chi connectivity index (χ2n) is 5.97. The van der Waals surface area contributed by atoms with Crippen molar-refractivity contribution in [3.8, 4) is 0 Å². The molecule has 23 heavy (non-hydrogen) atoms. The molecule has 7 nitrogen and oxygen atoms in total. The molecule has 2 amide bonds. The van der Waals surface area contributed by atoms with Crippen LogP contribution in [0.4, 0.5) is 0 Å². The lowest BCUT2D eigenvalue weighted by atomic mass is 9.95. The molecule has 1 aromatic heterocycles. The van der Waals surface area contributed by atoms with Crippen LogP contribution in [0.1, 0.15) is 22.6 Å². The predicted molar refractivity (Wildman–Crippen MR) is 82.7 cm³/mol. The van der Waals surface area contributed by atoms with Crippen LogP contribution in [0.25, 0.3) is 0 Å². The van der Waals surface area contributed by atoms with E-state index in [1.54, 1.807) is 23.0 Å². The molecule has 1 aromatic rings. The van der Waals surface area contributed by atoms with Crippen LogP contribution in [0.3, 0.4) is 0 Å². The largest absolute Gasteiger partial charge is 0.361 e. The van der Waals surface area contributed by atoms with Crippen LogP contribution in [0.15, 0.2) is 24.5 Å². The van der Waals surface area contributed by atoms with E-state index in [9.17, 15) is 9.59 Å². The second-order valence-corrected chi connectivity index (χ2v) is 5.97. The molecule has 2 aliphatic rings. The van der Waals surface area contributed by atoms with E-state index < -0.39 is 5.60 Å². The van der Waals surface area contributed by atoms with E-state index in [1.165, 1.54) is 6.20 Å². The van der Waals surface area contributed by atoms with Gasteiger partial charge in [0.2, 0.25) is 0 Å². The first-order chi connectivity index (χ1) is 11.0. The van der Waals surface area contributed by atoms with E-state index in [0.29, 0.717) is 26.1 Å². The number of amides is 2. The zero-order valence-corrected chi connectivity index (χ0v) is 13.4. The normalized spacial score (nSPS) is 24.9. The van der Waals surface area contributed by atoms with E-state index in [1.807, 2.05) is 19.1 Å². The van der Waals surface area contributed by atoms with E-state index >= 15 is 0 Å². The first-order valence-electron chi connectivity index (χ1n) is 7.64. The number of rotatable bonds is 1. The summed E-state index contributed by atoms with van der Waals surface area (Å²) in [4.78, 5) is 36.8. The van der Waals surface area contributed by atoms with E-state index in [2.05, 4.69) is 9.97 Å². The summed E-state index contributed by atoms with van der Waals surface area (Å²) in [5, 5.41) is 0. The van der Waals surface area contributed by atoms with Crippen molar-refractivity contribution in [3.05, 3.63) is 35.9 Å². The average molecular weight is 316 g/mol. The van der Waals surface area contributed by atoms with Gasteiger partial charge in [0.1, 0.15) is 5.69 Å². The van der Waals surface area contributed by atoms with Gasteiger partial charge in [0.25, 0.3) is 11.8 Å². The highest BCUT2D eigenvalue weighted by molar-refractivity contribution is 5.93. The summed E-state index contributed by atoms with van der Waals surface area (Å²) < 4.78 is 5.83. The minimum Gasteiger partial charge on any atom is -0.361 e. The van der Waals surface area contributed by atoms with Gasteiger partial charge >= 0.3 is 0 Å². The predicted octanol–water partition coefficient (Wildman–Crippen LogP) is 0.415. The molecule has 122 valence electrons. The van der Waals surface area contributed by atoms with Crippen molar-refractivity contribution in [1.82, 2.24) is 19.8 Å². The summed E-state index contributed by atoms with van der Waals surface area (Å²) in [7, 11) is 1.75. The quantitative estimate of drug-likeness (QED) is 0.702. The highest BCUT2D eigenvalue weighted by Gasteiger charge is 2.46. The van der Waals surface area contributed by atoms with Gasteiger partial charge in [-0.1, -0.05) is 12.2 Å². The third-order valence-electron chi connectivity index (χ3n) is 4.20. The molecular formula is C16H20N4O3. The second kappa shape index (κ2) is 6.08. The van der Waals surface area contributed by atoms with Crippen LogP contribution in [-0.2, 0) is 9.53 Å². The molecule has 1 unspecified atom stereocenters. The number of morpholine rings is 1. The highest BCUT2D eigenvalue weighted by atomic mass is 16.5. The Labute approximate surface area is 135 Å². The number of nitrogens with zero attached hydrogens (tertiary/aromatic N) is 4. The van der Waals surface area contributed by atoms with Crippen LogP contribution >= 0.6 is 0 Å². The molecule has 1 spiro atoms. The number of hydrogen-bond acceptors (Lipinski definition) is 5. The molecule has 0 aromatic carbocycles. The van der Waals surface area contributed by atoms with Crippen molar-refractivity contribution < 1.29 is 14.3 Å². The Kier molecular flexibility index (Phi) is 4.12. The Morgan fingerprint density at radius 2 is 2.13 bits per heavy atom. The molecule has 0 aliphatic carbocycles. The summed E-state index contributed by atoms with van der Waals surface area (Å²) in [6, 6.07) is 0. The summed E-state index contributed by atoms with van der Waals surface area (Å²) in [6.45, 7) is 3.38. The van der Waals surface area contributed by atoms with Crippen molar-refractivity contribution >= 4 is 11.8 Å². The average Bonchev–Trinajstić information content (AvgIpc) is 2.69. The van der Waals surface area contributed by atoms with Gasteiger partial charge < -0.3 is 14.5 Å². The van der Waals surface area contributed by atoms with Gasteiger partial charge in [0.15, 0.2) is 5.60 Å². The number of carbonyl (C=O) groups is 2. The van der Waals surface area contributed by atoms with Crippen LogP contribution in [-0.4, -0.2) is 70.5 Å². The van der Waals surface area contributed by atoms with Gasteiger partial charge in [-0.15, -0.1) is 0 Å². The van der Waals surface area contributed by atoms with Crippen molar-refractivity contribution in [2.24, 2.45) is 0 Å². The standard InChI is InChI=1S/C16H20N4O3/c1-12-9-18-13(10-17-12)14(21)20-7-8-23-16(11-20)5-3-4-6-19(2)15(16)22/h3-4,9-10H,5-8,11H2,1-2H3. The van der Waals surface area contributed by atoms with Gasteiger partial charge in [-0.3, -0.25) is 14.6 Å². The van der Waals surface area contributed by atoms with Gasteiger partial charge in [-0.05, 0) is 6.92 Å². The third-order valence-corrected chi connectivity index (χ3v) is 4.20. The molecule has 3 heterocycles. The molecule has 2 aliphatic heterocycles. The lowest BCUT2D eigenvalue weighted by molar-refractivity contribution is -0.165. The van der Waals surface area contributed by atoms with Gasteiger partial charge in [0.05, 0.1) is 25.0 Å². The molecule has 0 N–H and O–H groups in total. The Bertz CT molecular complexity index is 643. The fraction of sp³-hybridized carbons (Fsp3) is 0.500. The summed E-state index contributed by atoms with van der Waals surface area (Å²) in [5.41, 5.74) is 0.0525. The zero-order chi connectivity index (χ0) is 16.4. The lowest BCUT2D eigenvalue weighted by Gasteiger charge is -2.41. The molecule has 1 atom stereocenters. The first-order valence-corrected chi connectivity index (χ1v) is 7.64. The molecule has 1 saturated heterocycles. The number of carbonyl (C=O) groups excluding carboxylic acids is 2. The SMILES string of the molecule is Cc1cnc(C(=O)N2CCOC3(CC=CCN(C)C3=O)C2)cn1. The van der Waals surface area contributed by atoms with Gasteiger partial charge in [-0.2, -0.15) is 0 Å². The molecule has 1 fully saturated rings. The van der Waals surface area contributed by atoms with Crippen LogP contribution < -0.4 is 0 Å². The van der Waals surface area contributed by atoms with Gasteiger partial charge in [-0.25, -0.2) is 4.98 Å². The zero-order valence-electron chi connectivity index (χ0n) is 13.4. The topological polar surface area (TPSA) is 75.6 Å². The maximum atomic E-state index is 12.7. The van der Waals surface area contributed by atoms with Crippen LogP contribution in [0, 0.1) is 6.92 Å². The lowest BCUT2D eigenvalue weighted by Crippen LogP contribution is -2.60. The number of likely N-dealkylation sites (N-methyl/N-ethyl adjacent to an activating group) is 1. The molecule has 0 radical (unpaired) electrons. The smallest absolute Gasteiger partial charge is 0.274 e. The van der Waals surface area contributed by atoms with Crippen molar-refractivity contribution in [1.29, 1.82) is 0 Å². The monoisotopic (exact) mass is 316 g/mol. The third kappa shape index (κ3) is 2.96. The highest BCUT2D eigenvalue weighted by Crippen LogP contribution is 2.27. The Hall–Kier alpha value is -2.28. The molecule has 0 saturated carbocycles. The number of aryl methyl sites for hydroxylation is 1. The maximum Gasteiger partial charge on any atom is 0.274 e. The fourth-order valence-corrected chi connectivity index (χ4v) is 2.90. The Balaban J connectivity index is 1.82. The van der Waals surface area contributed by atoms with Crippen molar-refractivity contribution in [3.63, 3.8) is 0 Å². The summed E-state index contributed by atoms with van der Waals surface area (Å²) in [5.74, 6) is -0.307. The summed E-state index contributed by atoms with van der Waals surface area (Å²) >= 11 is 0. The molecule has 3 rings (SSSR count). The van der Waals surface area contributed by atoms with Gasteiger partial charge in [0, 0.05) is 32.8 Å². The molecular weight excluding hydrogens is 296 g/mol.